The summed E-state index contributed by atoms with van der Waals surface area (Å²) in [6, 6.07) is 16.1. The van der Waals surface area contributed by atoms with Crippen molar-refractivity contribution in [3.63, 3.8) is 0 Å². The number of nitrogen functional groups attached to an aromatic ring is 2. The molecule has 6 aromatic rings. The fourth-order valence-corrected chi connectivity index (χ4v) is 7.28. The van der Waals surface area contributed by atoms with Crippen LogP contribution in [0.5, 0.6) is 23.0 Å². The van der Waals surface area contributed by atoms with Gasteiger partial charge in [-0.2, -0.15) is 10.2 Å². The zero-order valence-electron chi connectivity index (χ0n) is 32.2. The second-order valence-corrected chi connectivity index (χ2v) is 14.3. The number of carbonyl (C=O) groups excluding carboxylic acids is 2. The molecule has 2 aliphatic heterocycles. The number of rotatable bonds is 8. The minimum Gasteiger partial charge on any atom is -0.465 e. The van der Waals surface area contributed by atoms with Crippen molar-refractivity contribution in [3.8, 4) is 23.0 Å². The summed E-state index contributed by atoms with van der Waals surface area (Å²) in [6.07, 6.45) is 9.65. The molecule has 2 saturated heterocycles. The van der Waals surface area contributed by atoms with Crippen molar-refractivity contribution < 1.29 is 38.0 Å². The van der Waals surface area contributed by atoms with E-state index in [0.29, 0.717) is 22.3 Å². The summed E-state index contributed by atoms with van der Waals surface area (Å²) in [5.41, 5.74) is 16.9. The number of benzene rings is 4. The Morgan fingerprint density at radius 3 is 1.71 bits per heavy atom. The lowest BCUT2D eigenvalue weighted by Crippen LogP contribution is -2.18. The summed E-state index contributed by atoms with van der Waals surface area (Å²) < 4.78 is 37.4. The first kappa shape index (κ1) is 41.8. The number of nitrogens with zero attached hydrogens (tertiary/aromatic N) is 4. The Hall–Kier alpha value is -5.83. The average molecular weight is 813 g/mol. The number of aryl methyl sites for hydroxylation is 2. The first-order chi connectivity index (χ1) is 27.6. The van der Waals surface area contributed by atoms with Crippen LogP contribution < -0.4 is 20.9 Å². The first-order valence-electron chi connectivity index (χ1n) is 18.8. The van der Waals surface area contributed by atoms with Gasteiger partial charge in [0.05, 0.1) is 70.9 Å². The van der Waals surface area contributed by atoms with Crippen molar-refractivity contribution >= 4 is 56.7 Å². The molecule has 0 saturated carbocycles. The second kappa shape index (κ2) is 18.2. The molecule has 4 heterocycles. The zero-order chi connectivity index (χ0) is 40.2. The van der Waals surface area contributed by atoms with Gasteiger partial charge in [0.25, 0.3) is 0 Å². The van der Waals surface area contributed by atoms with Gasteiger partial charge in [-0.25, -0.2) is 19.0 Å². The smallest absolute Gasteiger partial charge is 0.340 e. The van der Waals surface area contributed by atoms with Gasteiger partial charge in [0, 0.05) is 24.3 Å². The van der Waals surface area contributed by atoms with Gasteiger partial charge in [-0.3, -0.25) is 0 Å². The lowest BCUT2D eigenvalue weighted by molar-refractivity contribution is -0.0367. The summed E-state index contributed by atoms with van der Waals surface area (Å²) in [7, 11) is 2.61. The van der Waals surface area contributed by atoms with Crippen LogP contribution in [0.4, 0.5) is 11.4 Å². The molecular weight excluding hydrogens is 764 g/mol. The molecule has 14 nitrogen and oxygen atoms in total. The van der Waals surface area contributed by atoms with Crippen LogP contribution in [0.25, 0.3) is 21.8 Å². The summed E-state index contributed by atoms with van der Waals surface area (Å²) in [5.74, 6) is 0.880. The monoisotopic (exact) mass is 812 g/mol. The lowest BCUT2D eigenvalue weighted by atomic mass is 10.1. The van der Waals surface area contributed by atoms with Crippen LogP contribution in [0, 0.1) is 13.8 Å². The molecule has 2 unspecified atom stereocenters. The van der Waals surface area contributed by atoms with Crippen LogP contribution >= 0.6 is 11.6 Å². The predicted molar refractivity (Wildman–Crippen MR) is 223 cm³/mol. The lowest BCUT2D eigenvalue weighted by Gasteiger charge is -2.23. The highest BCUT2D eigenvalue weighted by atomic mass is 35.5. The molecule has 2 atom stereocenters. The molecule has 15 heteroatoms. The fourth-order valence-electron chi connectivity index (χ4n) is 7.07. The molecule has 2 fully saturated rings. The van der Waals surface area contributed by atoms with E-state index in [1.54, 1.807) is 36.7 Å². The molecule has 0 spiro atoms. The number of fused-ring (bicyclic) bond motifs is 2. The second-order valence-electron chi connectivity index (χ2n) is 13.9. The number of esters is 2. The van der Waals surface area contributed by atoms with Gasteiger partial charge in [0.15, 0.2) is 24.0 Å². The average Bonchev–Trinajstić information content (AvgIpc) is 3.87. The van der Waals surface area contributed by atoms with Gasteiger partial charge in [-0.15, -0.1) is 0 Å². The molecule has 0 amide bonds. The summed E-state index contributed by atoms with van der Waals surface area (Å²) in [5, 5.41) is 11.1. The van der Waals surface area contributed by atoms with Crippen LogP contribution in [0.15, 0.2) is 67.0 Å². The molecule has 0 radical (unpaired) electrons. The highest BCUT2D eigenvalue weighted by Gasteiger charge is 2.24. The van der Waals surface area contributed by atoms with E-state index in [4.69, 9.17) is 51.5 Å². The quantitative estimate of drug-likeness (QED) is 0.110. The summed E-state index contributed by atoms with van der Waals surface area (Å²) in [4.78, 5) is 23.9. The Bertz CT molecular complexity index is 2430. The molecule has 0 bridgehead atoms. The SMILES string of the molecule is C.COC(=O)c1cc(Cl)cc(Oc2c(C)ccc3c2cnn3C2CCCCO2)c1N.COC(=O)c1cccc(Oc2c(C)ccc3c2cnn3C2CCCCO2)c1N. The minimum absolute atomic E-state index is 0. The van der Waals surface area contributed by atoms with Gasteiger partial charge in [-0.05, 0) is 93.8 Å². The highest BCUT2D eigenvalue weighted by molar-refractivity contribution is 6.31. The van der Waals surface area contributed by atoms with E-state index in [1.807, 2.05) is 47.5 Å². The van der Waals surface area contributed by atoms with E-state index in [2.05, 4.69) is 10.2 Å². The molecule has 2 aromatic heterocycles. The topological polar surface area (TPSA) is 177 Å². The van der Waals surface area contributed by atoms with E-state index < -0.39 is 11.9 Å². The van der Waals surface area contributed by atoms with Crippen LogP contribution in [-0.2, 0) is 18.9 Å². The normalized spacial score (nSPS) is 16.5. The van der Waals surface area contributed by atoms with Crippen molar-refractivity contribution in [2.75, 3.05) is 38.9 Å². The number of hydrogen-bond donors (Lipinski definition) is 2. The molecule has 8 rings (SSSR count). The Balaban J connectivity index is 0.000000192. The number of halogens is 1. The van der Waals surface area contributed by atoms with E-state index in [0.717, 1.165) is 84.7 Å². The number of hydrogen-bond acceptors (Lipinski definition) is 12. The van der Waals surface area contributed by atoms with Crippen LogP contribution in [0.2, 0.25) is 5.02 Å². The Labute approximate surface area is 341 Å². The predicted octanol–water partition coefficient (Wildman–Crippen LogP) is 9.70. The number of ether oxygens (including phenoxy) is 6. The molecule has 306 valence electrons. The maximum Gasteiger partial charge on any atom is 0.340 e. The molecular formula is C43H49ClN6O8. The van der Waals surface area contributed by atoms with Gasteiger partial charge in [0.1, 0.15) is 11.5 Å². The van der Waals surface area contributed by atoms with Crippen molar-refractivity contribution in [1.82, 2.24) is 19.6 Å². The highest BCUT2D eigenvalue weighted by Crippen LogP contribution is 2.41. The zero-order valence-corrected chi connectivity index (χ0v) is 33.0. The molecule has 4 aromatic carbocycles. The van der Waals surface area contributed by atoms with Gasteiger partial charge in [-0.1, -0.05) is 37.2 Å². The van der Waals surface area contributed by atoms with E-state index in [9.17, 15) is 9.59 Å². The van der Waals surface area contributed by atoms with E-state index in [-0.39, 0.29) is 48.1 Å². The number of anilines is 2. The van der Waals surface area contributed by atoms with Crippen LogP contribution in [-0.4, -0.2) is 58.9 Å². The minimum atomic E-state index is -0.577. The standard InChI is InChI=1S/C21H22ClN3O4.C21H23N3O4.CH4/c1-12-6-7-16-15(11-24-25(16)18-5-3-4-8-28-18)20(12)29-17-10-13(22)9-14(19(17)23)21(26)27-2;1-13-9-10-16-15(12-23-24(16)18-8-3-4-11-27-18)20(13)28-17-7-5-6-14(19(17)22)21(25)26-2;/h6-7,9-11,18H,3-5,8,23H2,1-2H3;5-7,9-10,12,18H,3-4,8,11,22H2,1-2H3;1H4. The third-order valence-corrected chi connectivity index (χ3v) is 10.3. The van der Waals surface area contributed by atoms with E-state index in [1.165, 1.54) is 20.3 Å². The number of carbonyl (C=O) groups is 2. The molecule has 2 aliphatic rings. The van der Waals surface area contributed by atoms with Crippen molar-refractivity contribution in [1.29, 1.82) is 0 Å². The third kappa shape index (κ3) is 8.40. The Kier molecular flexibility index (Phi) is 13.1. The van der Waals surface area contributed by atoms with Gasteiger partial charge < -0.3 is 39.9 Å². The van der Waals surface area contributed by atoms with E-state index >= 15 is 0 Å². The van der Waals surface area contributed by atoms with Crippen LogP contribution in [0.3, 0.4) is 0 Å². The van der Waals surface area contributed by atoms with Crippen molar-refractivity contribution in [3.05, 3.63) is 94.3 Å². The van der Waals surface area contributed by atoms with Gasteiger partial charge >= 0.3 is 11.9 Å². The number of nitrogens with two attached hydrogens (primary N) is 2. The first-order valence-corrected chi connectivity index (χ1v) is 19.1. The fraction of sp³-hybridized carbons (Fsp3) is 0.349. The number of methoxy groups -OCH3 is 2. The Morgan fingerprint density at radius 1 is 0.707 bits per heavy atom. The van der Waals surface area contributed by atoms with Crippen molar-refractivity contribution in [2.24, 2.45) is 0 Å². The molecule has 4 N–H and O–H groups in total. The largest absolute Gasteiger partial charge is 0.465 e. The number of para-hydroxylation sites is 1. The van der Waals surface area contributed by atoms with Crippen molar-refractivity contribution in [2.45, 2.75) is 72.3 Å². The maximum absolute atomic E-state index is 12.0. The van der Waals surface area contributed by atoms with Gasteiger partial charge in [0.2, 0.25) is 0 Å². The maximum atomic E-state index is 12.0. The third-order valence-electron chi connectivity index (χ3n) is 10.1. The Morgan fingerprint density at radius 2 is 1.21 bits per heavy atom. The summed E-state index contributed by atoms with van der Waals surface area (Å²) >= 11 is 6.18. The molecule has 58 heavy (non-hydrogen) atoms. The number of aromatic nitrogens is 4. The van der Waals surface area contributed by atoms with Crippen LogP contribution in [0.1, 0.15) is 90.3 Å². The summed E-state index contributed by atoms with van der Waals surface area (Å²) in [6.45, 7) is 5.38. The molecule has 0 aliphatic carbocycles.